The summed E-state index contributed by atoms with van der Waals surface area (Å²) in [5.74, 6) is 1.46. The molecule has 1 saturated heterocycles. The lowest BCUT2D eigenvalue weighted by atomic mass is 9.78. The number of aliphatic imine (C=N–C) groups is 1. The summed E-state index contributed by atoms with van der Waals surface area (Å²) in [6.45, 7) is 20.4. The number of ether oxygens (including phenoxy) is 1. The zero-order chi connectivity index (χ0) is 18.7. The van der Waals surface area contributed by atoms with Gasteiger partial charge in [-0.1, -0.05) is 34.6 Å². The Morgan fingerprint density at radius 1 is 1.16 bits per heavy atom. The summed E-state index contributed by atoms with van der Waals surface area (Å²) >= 11 is 0. The van der Waals surface area contributed by atoms with Crippen LogP contribution in [0.3, 0.4) is 0 Å². The van der Waals surface area contributed by atoms with E-state index in [0.29, 0.717) is 12.0 Å². The minimum absolute atomic E-state index is 0.177. The molecule has 5 nitrogen and oxygen atoms in total. The molecule has 0 amide bonds. The van der Waals surface area contributed by atoms with Gasteiger partial charge in [-0.25, -0.2) is 0 Å². The van der Waals surface area contributed by atoms with Gasteiger partial charge in [0.15, 0.2) is 5.96 Å². The molecule has 5 heteroatoms. The van der Waals surface area contributed by atoms with Crippen molar-refractivity contribution in [2.24, 2.45) is 16.3 Å². The molecule has 148 valence electrons. The van der Waals surface area contributed by atoms with E-state index in [-0.39, 0.29) is 5.41 Å². The SMILES string of the molecule is CCNC(=NCC1CCCOC1C(C)(C)C)NCCCN(CC)CC. The van der Waals surface area contributed by atoms with Gasteiger partial charge < -0.3 is 20.3 Å². The Kier molecular flexibility index (Phi) is 10.4. The molecule has 0 spiro atoms. The van der Waals surface area contributed by atoms with Crippen molar-refractivity contribution in [3.05, 3.63) is 0 Å². The maximum atomic E-state index is 6.08. The molecule has 25 heavy (non-hydrogen) atoms. The van der Waals surface area contributed by atoms with Crippen molar-refractivity contribution in [3.8, 4) is 0 Å². The smallest absolute Gasteiger partial charge is 0.191 e. The molecule has 0 bridgehead atoms. The van der Waals surface area contributed by atoms with E-state index in [9.17, 15) is 0 Å². The molecule has 1 aliphatic heterocycles. The first-order chi connectivity index (χ1) is 11.9. The van der Waals surface area contributed by atoms with E-state index < -0.39 is 0 Å². The third-order valence-electron chi connectivity index (χ3n) is 4.96. The van der Waals surface area contributed by atoms with Gasteiger partial charge in [0.05, 0.1) is 6.10 Å². The molecule has 1 rings (SSSR count). The van der Waals surface area contributed by atoms with Crippen LogP contribution in [0, 0.1) is 11.3 Å². The lowest BCUT2D eigenvalue weighted by Gasteiger charge is -2.39. The summed E-state index contributed by atoms with van der Waals surface area (Å²) in [5, 5.41) is 6.87. The summed E-state index contributed by atoms with van der Waals surface area (Å²) < 4.78 is 6.08. The van der Waals surface area contributed by atoms with Crippen LogP contribution in [0.5, 0.6) is 0 Å². The van der Waals surface area contributed by atoms with Crippen molar-refractivity contribution in [2.75, 3.05) is 45.9 Å². The zero-order valence-electron chi connectivity index (χ0n) is 17.5. The van der Waals surface area contributed by atoms with Gasteiger partial charge in [0.1, 0.15) is 0 Å². The summed E-state index contributed by atoms with van der Waals surface area (Å²) in [5.41, 5.74) is 0.177. The highest BCUT2D eigenvalue weighted by molar-refractivity contribution is 5.79. The Hall–Kier alpha value is -0.810. The molecule has 0 aromatic rings. The van der Waals surface area contributed by atoms with E-state index in [2.05, 4.69) is 57.1 Å². The summed E-state index contributed by atoms with van der Waals surface area (Å²) in [4.78, 5) is 7.32. The van der Waals surface area contributed by atoms with Crippen LogP contribution in [0.25, 0.3) is 0 Å². The van der Waals surface area contributed by atoms with Crippen molar-refractivity contribution in [2.45, 2.75) is 66.9 Å². The molecule has 2 atom stereocenters. The summed E-state index contributed by atoms with van der Waals surface area (Å²) in [7, 11) is 0. The Bertz CT molecular complexity index is 374. The Balaban J connectivity index is 2.50. The van der Waals surface area contributed by atoms with E-state index >= 15 is 0 Å². The van der Waals surface area contributed by atoms with Gasteiger partial charge >= 0.3 is 0 Å². The van der Waals surface area contributed by atoms with Crippen molar-refractivity contribution >= 4 is 5.96 Å². The molecule has 0 aliphatic carbocycles. The first kappa shape index (κ1) is 22.2. The van der Waals surface area contributed by atoms with Crippen molar-refractivity contribution in [1.29, 1.82) is 0 Å². The topological polar surface area (TPSA) is 48.9 Å². The minimum atomic E-state index is 0.177. The van der Waals surface area contributed by atoms with Crippen LogP contribution in [-0.2, 0) is 4.74 Å². The quantitative estimate of drug-likeness (QED) is 0.379. The fraction of sp³-hybridized carbons (Fsp3) is 0.950. The number of nitrogens with zero attached hydrogens (tertiary/aromatic N) is 2. The monoisotopic (exact) mass is 354 g/mol. The van der Waals surface area contributed by atoms with Gasteiger partial charge in [-0.2, -0.15) is 0 Å². The average Bonchev–Trinajstić information content (AvgIpc) is 2.59. The summed E-state index contributed by atoms with van der Waals surface area (Å²) in [6.07, 6.45) is 3.81. The zero-order valence-corrected chi connectivity index (χ0v) is 17.5. The first-order valence-electron chi connectivity index (χ1n) is 10.3. The van der Waals surface area contributed by atoms with Crippen molar-refractivity contribution in [3.63, 3.8) is 0 Å². The Labute approximate surface area is 156 Å². The molecular formula is C20H42N4O. The fourth-order valence-corrected chi connectivity index (χ4v) is 3.59. The number of rotatable bonds is 9. The van der Waals surface area contributed by atoms with Crippen LogP contribution in [0.4, 0.5) is 0 Å². The van der Waals surface area contributed by atoms with Crippen molar-refractivity contribution < 1.29 is 4.74 Å². The molecular weight excluding hydrogens is 312 g/mol. The number of nitrogens with one attached hydrogen (secondary N) is 2. The van der Waals surface area contributed by atoms with E-state index in [1.807, 2.05) is 0 Å². The third kappa shape index (κ3) is 8.41. The molecule has 1 heterocycles. The molecule has 2 unspecified atom stereocenters. The molecule has 1 fully saturated rings. The number of hydrogen-bond donors (Lipinski definition) is 2. The molecule has 0 aromatic heterocycles. The van der Waals surface area contributed by atoms with Gasteiger partial charge in [0.25, 0.3) is 0 Å². The largest absolute Gasteiger partial charge is 0.377 e. The van der Waals surface area contributed by atoms with E-state index in [0.717, 1.165) is 64.7 Å². The third-order valence-corrected chi connectivity index (χ3v) is 4.96. The highest BCUT2D eigenvalue weighted by Crippen LogP contribution is 2.34. The van der Waals surface area contributed by atoms with Gasteiger partial charge in [0.2, 0.25) is 0 Å². The Morgan fingerprint density at radius 2 is 1.88 bits per heavy atom. The standard InChI is InChI=1S/C20H42N4O/c1-7-21-19(22-13-11-14-24(8-2)9-3)23-16-17-12-10-15-25-18(17)20(4,5)6/h17-18H,7-16H2,1-6H3,(H2,21,22,23). The predicted octanol–water partition coefficient (Wildman–Crippen LogP) is 3.11. The average molecular weight is 355 g/mol. The Morgan fingerprint density at radius 3 is 2.48 bits per heavy atom. The van der Waals surface area contributed by atoms with Gasteiger partial charge in [0, 0.05) is 32.2 Å². The lowest BCUT2D eigenvalue weighted by molar-refractivity contribution is -0.0823. The van der Waals surface area contributed by atoms with Gasteiger partial charge in [-0.15, -0.1) is 0 Å². The van der Waals surface area contributed by atoms with E-state index in [4.69, 9.17) is 9.73 Å². The van der Waals surface area contributed by atoms with Crippen LogP contribution < -0.4 is 10.6 Å². The maximum Gasteiger partial charge on any atom is 0.191 e. The fourth-order valence-electron chi connectivity index (χ4n) is 3.59. The van der Waals surface area contributed by atoms with Crippen LogP contribution in [0.1, 0.15) is 60.8 Å². The van der Waals surface area contributed by atoms with E-state index in [1.54, 1.807) is 0 Å². The van der Waals surface area contributed by atoms with Gasteiger partial charge in [-0.05, 0) is 51.2 Å². The second-order valence-corrected chi connectivity index (χ2v) is 8.09. The number of hydrogen-bond acceptors (Lipinski definition) is 3. The van der Waals surface area contributed by atoms with Crippen LogP contribution in [0.2, 0.25) is 0 Å². The highest BCUT2D eigenvalue weighted by atomic mass is 16.5. The van der Waals surface area contributed by atoms with Crippen LogP contribution in [0.15, 0.2) is 4.99 Å². The normalized spacial score (nSPS) is 22.3. The summed E-state index contributed by atoms with van der Waals surface area (Å²) in [6, 6.07) is 0. The predicted molar refractivity (Wildman–Crippen MR) is 108 cm³/mol. The second-order valence-electron chi connectivity index (χ2n) is 8.09. The molecule has 1 aliphatic rings. The highest BCUT2D eigenvalue weighted by Gasteiger charge is 2.35. The number of guanidine groups is 1. The van der Waals surface area contributed by atoms with Crippen LogP contribution >= 0.6 is 0 Å². The molecule has 0 aromatic carbocycles. The van der Waals surface area contributed by atoms with E-state index in [1.165, 1.54) is 6.42 Å². The molecule has 0 radical (unpaired) electrons. The van der Waals surface area contributed by atoms with Crippen molar-refractivity contribution in [1.82, 2.24) is 15.5 Å². The lowest BCUT2D eigenvalue weighted by Crippen LogP contribution is -2.43. The minimum Gasteiger partial charge on any atom is -0.377 e. The second kappa shape index (κ2) is 11.7. The van der Waals surface area contributed by atoms with Crippen LogP contribution in [-0.4, -0.2) is 62.8 Å². The first-order valence-corrected chi connectivity index (χ1v) is 10.3. The maximum absolute atomic E-state index is 6.08. The van der Waals surface area contributed by atoms with Gasteiger partial charge in [-0.3, -0.25) is 4.99 Å². The molecule has 0 saturated carbocycles. The molecule has 2 N–H and O–H groups in total.